The van der Waals surface area contributed by atoms with Crippen molar-refractivity contribution in [2.75, 3.05) is 0 Å². The second kappa shape index (κ2) is 16.3. The van der Waals surface area contributed by atoms with Crippen LogP contribution < -0.4 is 0 Å². The molecule has 0 saturated heterocycles. The lowest BCUT2D eigenvalue weighted by Gasteiger charge is -2.38. The van der Waals surface area contributed by atoms with Crippen LogP contribution in [-0.4, -0.2) is 28.8 Å². The Hall–Kier alpha value is -1.18. The first-order valence-corrected chi connectivity index (χ1v) is 21.2. The molecular formula is C34H53IO2Si2. The normalized spacial score (nSPS) is 14.3. The molecule has 2 nitrogen and oxygen atoms in total. The monoisotopic (exact) mass is 676 g/mol. The Bertz CT molecular complexity index is 1010. The fourth-order valence-electron chi connectivity index (χ4n) is 3.44. The molecule has 0 bridgehead atoms. The molecule has 0 aliphatic heterocycles. The number of benzene rings is 2. The van der Waals surface area contributed by atoms with E-state index >= 15 is 0 Å². The van der Waals surface area contributed by atoms with Gasteiger partial charge < -0.3 is 8.85 Å². The van der Waals surface area contributed by atoms with Gasteiger partial charge >= 0.3 is 0 Å². The van der Waals surface area contributed by atoms with Crippen molar-refractivity contribution in [3.63, 3.8) is 0 Å². The summed E-state index contributed by atoms with van der Waals surface area (Å²) in [4.78, 5) is 0. The number of aryl methyl sites for hydroxylation is 2. The molecule has 216 valence electrons. The number of halogens is 1. The predicted molar refractivity (Wildman–Crippen MR) is 186 cm³/mol. The number of terminal acetylenes is 1. The van der Waals surface area contributed by atoms with Crippen molar-refractivity contribution in [3.05, 3.63) is 81.9 Å². The Morgan fingerprint density at radius 3 is 1.54 bits per heavy atom. The van der Waals surface area contributed by atoms with Gasteiger partial charge in [-0.3, -0.25) is 0 Å². The molecule has 0 aliphatic carbocycles. The molecule has 39 heavy (non-hydrogen) atoms. The number of rotatable bonds is 11. The lowest BCUT2D eigenvalue weighted by molar-refractivity contribution is 0.215. The molecule has 0 amide bonds. The Morgan fingerprint density at radius 2 is 1.15 bits per heavy atom. The highest BCUT2D eigenvalue weighted by Gasteiger charge is 2.39. The van der Waals surface area contributed by atoms with Crippen LogP contribution in [0.5, 0.6) is 0 Å². The summed E-state index contributed by atoms with van der Waals surface area (Å²) >= 11 is 2.28. The third-order valence-electron chi connectivity index (χ3n) is 8.07. The average Bonchev–Trinajstić information content (AvgIpc) is 2.85. The largest absolute Gasteiger partial charge is 0.411 e. The van der Waals surface area contributed by atoms with E-state index in [1.807, 2.05) is 6.07 Å². The van der Waals surface area contributed by atoms with E-state index in [1.165, 1.54) is 11.1 Å². The highest BCUT2D eigenvalue weighted by atomic mass is 127. The first-order chi connectivity index (χ1) is 18.0. The highest BCUT2D eigenvalue weighted by Crippen LogP contribution is 2.38. The van der Waals surface area contributed by atoms with E-state index in [0.29, 0.717) is 0 Å². The van der Waals surface area contributed by atoms with Crippen LogP contribution in [-0.2, 0) is 21.7 Å². The second-order valence-corrected chi connectivity index (χ2v) is 23.5. The predicted octanol–water partition coefficient (Wildman–Crippen LogP) is 10.6. The summed E-state index contributed by atoms with van der Waals surface area (Å²) in [5, 5.41) is 0.464. The van der Waals surface area contributed by atoms with E-state index in [2.05, 4.69) is 161 Å². The van der Waals surface area contributed by atoms with Crippen molar-refractivity contribution >= 4 is 39.2 Å². The Kier molecular flexibility index (Phi) is 15.0. The van der Waals surface area contributed by atoms with Crippen molar-refractivity contribution in [1.82, 2.24) is 0 Å². The van der Waals surface area contributed by atoms with Crippen LogP contribution in [0.25, 0.3) is 0 Å². The van der Waals surface area contributed by atoms with Gasteiger partial charge in [-0.2, -0.15) is 0 Å². The zero-order valence-corrected chi connectivity index (χ0v) is 30.3. The minimum absolute atomic E-state index is 0.0684. The topological polar surface area (TPSA) is 18.5 Å². The Balaban J connectivity index is 0.000000391. The molecule has 0 aliphatic rings. The molecule has 0 unspecified atom stereocenters. The lowest BCUT2D eigenvalue weighted by Crippen LogP contribution is -2.43. The van der Waals surface area contributed by atoms with Crippen molar-refractivity contribution in [2.24, 2.45) is 0 Å². The molecule has 2 aromatic carbocycles. The van der Waals surface area contributed by atoms with E-state index in [-0.39, 0.29) is 22.3 Å². The second-order valence-electron chi connectivity index (χ2n) is 13.3. The van der Waals surface area contributed by atoms with Crippen LogP contribution in [0, 0.1) is 12.3 Å². The van der Waals surface area contributed by atoms with Crippen LogP contribution in [0.1, 0.15) is 65.5 Å². The van der Waals surface area contributed by atoms with Gasteiger partial charge in [0.05, 0.1) is 6.10 Å². The molecular weight excluding hydrogens is 623 g/mol. The summed E-state index contributed by atoms with van der Waals surface area (Å²) in [7, 11) is -3.47. The first kappa shape index (κ1) is 35.9. The molecule has 0 heterocycles. The third kappa shape index (κ3) is 13.4. The van der Waals surface area contributed by atoms with Crippen LogP contribution in [0.4, 0.5) is 0 Å². The maximum absolute atomic E-state index is 6.51. The average molecular weight is 677 g/mol. The van der Waals surface area contributed by atoms with Crippen LogP contribution in [0.2, 0.25) is 36.3 Å². The third-order valence-corrected chi connectivity index (χ3v) is 17.5. The van der Waals surface area contributed by atoms with Crippen molar-refractivity contribution in [1.29, 1.82) is 0 Å². The maximum Gasteiger partial charge on any atom is 0.193 e. The van der Waals surface area contributed by atoms with Gasteiger partial charge in [-0.15, -0.1) is 6.42 Å². The van der Waals surface area contributed by atoms with Gasteiger partial charge in [-0.05, 0) is 77.2 Å². The van der Waals surface area contributed by atoms with Crippen molar-refractivity contribution < 1.29 is 8.85 Å². The van der Waals surface area contributed by atoms with Gasteiger partial charge in [0.1, 0.15) is 6.10 Å². The highest BCUT2D eigenvalue weighted by molar-refractivity contribution is 14.1. The van der Waals surface area contributed by atoms with Gasteiger partial charge in [0.2, 0.25) is 0 Å². The first-order valence-electron chi connectivity index (χ1n) is 14.2. The summed E-state index contributed by atoms with van der Waals surface area (Å²) in [6.07, 6.45) is 12.0. The standard InChI is InChI=1S/C17H27IOSi.C17H26OSi/c1-17(2,3)20(4,5)19-16(13-14-18)12-11-15-9-7-6-8-10-15;1-7-16(18-19(5,6)17(2,3)4)14-13-15-11-9-8-10-12-15/h6-10,13-14,16H,11-12H2,1-5H3;1,8-12,16H,13-14H2,2-6H3/b14-13+;/t2*16-/m01/s1. The molecule has 5 heteroatoms. The minimum atomic E-state index is -1.77. The molecule has 0 fully saturated rings. The van der Waals surface area contributed by atoms with Gasteiger partial charge in [0.25, 0.3) is 0 Å². The Labute approximate surface area is 256 Å². The van der Waals surface area contributed by atoms with E-state index in [1.54, 1.807) is 0 Å². The zero-order valence-electron chi connectivity index (χ0n) is 26.2. The minimum Gasteiger partial charge on any atom is -0.411 e. The molecule has 2 atom stereocenters. The van der Waals surface area contributed by atoms with E-state index in [0.717, 1.165) is 25.7 Å². The fraction of sp³-hybridized carbons (Fsp3) is 0.529. The Morgan fingerprint density at radius 1 is 0.744 bits per heavy atom. The molecule has 0 radical (unpaired) electrons. The van der Waals surface area contributed by atoms with Gasteiger partial charge in [-0.25, -0.2) is 0 Å². The fourth-order valence-corrected chi connectivity index (χ4v) is 6.46. The summed E-state index contributed by atoms with van der Waals surface area (Å²) < 4.78 is 14.9. The quantitative estimate of drug-likeness (QED) is 0.134. The summed E-state index contributed by atoms with van der Waals surface area (Å²) in [5.74, 6) is 2.81. The smallest absolute Gasteiger partial charge is 0.193 e. The molecule has 2 rings (SSSR count). The molecule has 0 N–H and O–H groups in total. The number of hydrogen-bond donors (Lipinski definition) is 0. The summed E-state index contributed by atoms with van der Waals surface area (Å²) in [5.41, 5.74) is 2.71. The summed E-state index contributed by atoms with van der Waals surface area (Å²) in [6.45, 7) is 22.7. The zero-order chi connectivity index (χ0) is 29.7. The van der Waals surface area contributed by atoms with Crippen molar-refractivity contribution in [2.45, 2.75) is 116 Å². The van der Waals surface area contributed by atoms with E-state index in [9.17, 15) is 0 Å². The van der Waals surface area contributed by atoms with Gasteiger partial charge in [-0.1, -0.05) is 137 Å². The van der Waals surface area contributed by atoms with Crippen molar-refractivity contribution in [3.8, 4) is 12.3 Å². The van der Waals surface area contributed by atoms with Crippen LogP contribution in [0.15, 0.2) is 70.8 Å². The molecule has 2 aromatic rings. The van der Waals surface area contributed by atoms with Gasteiger partial charge in [0.15, 0.2) is 16.6 Å². The van der Waals surface area contributed by atoms with E-state index in [4.69, 9.17) is 15.3 Å². The molecule has 0 saturated carbocycles. The maximum atomic E-state index is 6.51. The van der Waals surface area contributed by atoms with E-state index < -0.39 is 16.6 Å². The van der Waals surface area contributed by atoms with Crippen LogP contribution >= 0.6 is 22.6 Å². The summed E-state index contributed by atoms with van der Waals surface area (Å²) in [6, 6.07) is 21.1. The molecule has 0 spiro atoms. The van der Waals surface area contributed by atoms with Gasteiger partial charge in [0, 0.05) is 0 Å². The SMILES string of the molecule is C#C[C@H](CCc1ccccc1)O[Si](C)(C)C(C)(C)C.CC(C)(C)[Si](C)(C)O[C@H](/C=C/I)CCc1ccccc1. The van der Waals surface area contributed by atoms with Crippen LogP contribution in [0.3, 0.4) is 0 Å². The lowest BCUT2D eigenvalue weighted by atomic mass is 10.1. The number of hydrogen-bond acceptors (Lipinski definition) is 2. The molecule has 0 aromatic heterocycles.